The molecule has 0 atom stereocenters. The van der Waals surface area contributed by atoms with E-state index in [-0.39, 0.29) is 29.3 Å². The average molecular weight is 454 g/mol. The first kappa shape index (κ1) is 26.4. The molecule has 0 radical (unpaired) electrons. The van der Waals surface area contributed by atoms with Gasteiger partial charge in [-0.15, -0.1) is 0 Å². The summed E-state index contributed by atoms with van der Waals surface area (Å²) in [5.74, 6) is -0.473. The number of ketones is 1. The minimum atomic E-state index is -0.674. The molecule has 0 saturated heterocycles. The topological polar surface area (TPSA) is 225 Å². The zero-order chi connectivity index (χ0) is 24.4. The van der Waals surface area contributed by atoms with Gasteiger partial charge in [0.25, 0.3) is 11.1 Å². The van der Waals surface area contributed by atoms with Crippen LogP contribution in [0, 0.1) is 0 Å². The van der Waals surface area contributed by atoms with Gasteiger partial charge in [0.2, 0.25) is 0 Å². The minimum Gasteiger partial charge on any atom is -0.391 e. The molecular formula is C19H31N7O6. The van der Waals surface area contributed by atoms with Crippen LogP contribution in [-0.4, -0.2) is 36.6 Å². The normalized spacial score (nSPS) is 10.5. The smallest absolute Gasteiger partial charge is 0.330 e. The summed E-state index contributed by atoms with van der Waals surface area (Å²) in [5.41, 5.74) is 14.2. The Morgan fingerprint density at radius 3 is 1.78 bits per heavy atom. The highest BCUT2D eigenvalue weighted by Crippen LogP contribution is 2.07. The van der Waals surface area contributed by atoms with E-state index in [4.69, 9.17) is 22.3 Å². The van der Waals surface area contributed by atoms with Crippen molar-refractivity contribution in [1.29, 1.82) is 0 Å². The van der Waals surface area contributed by atoms with Crippen molar-refractivity contribution >= 4 is 23.1 Å². The first-order valence-electron chi connectivity index (χ1n) is 10.2. The number of aromatic nitrogens is 4. The third-order valence-electron chi connectivity index (χ3n) is 4.64. The Labute approximate surface area is 182 Å². The summed E-state index contributed by atoms with van der Waals surface area (Å²) >= 11 is 0. The molecule has 2 heterocycles. The number of anilines is 3. The number of aliphatic hydroxyl groups excluding tert-OH is 1. The number of carbonyl (C=O) groups excluding carboxylic acids is 1. The molecule has 0 saturated carbocycles. The lowest BCUT2D eigenvalue weighted by atomic mass is 10.1. The Morgan fingerprint density at radius 1 is 0.844 bits per heavy atom. The lowest BCUT2D eigenvalue weighted by Crippen LogP contribution is -2.35. The first-order chi connectivity index (χ1) is 15.1. The summed E-state index contributed by atoms with van der Waals surface area (Å²) < 4.78 is 2.52. The molecule has 0 bridgehead atoms. The van der Waals surface area contributed by atoms with Gasteiger partial charge in [-0.05, 0) is 12.8 Å². The highest BCUT2D eigenvalue weighted by Gasteiger charge is 2.14. The van der Waals surface area contributed by atoms with Gasteiger partial charge in [-0.25, -0.2) is 9.59 Å². The number of Topliss-reactive ketones (excluding diaryl/α,β-unsaturated/α-hetero) is 1. The maximum Gasteiger partial charge on any atom is 0.330 e. The van der Waals surface area contributed by atoms with Crippen LogP contribution in [-0.2, 0) is 24.3 Å². The number of rotatable bonds is 9. The molecule has 178 valence electrons. The molecule has 0 aliphatic heterocycles. The van der Waals surface area contributed by atoms with Crippen LogP contribution in [0.5, 0.6) is 0 Å². The molecule has 2 aromatic rings. The molecule has 0 unspecified atom stereocenters. The Bertz CT molecular complexity index is 1160. The number of aromatic amines is 2. The molecule has 2 rings (SSSR count). The fourth-order valence-corrected chi connectivity index (χ4v) is 2.73. The monoisotopic (exact) mass is 453 g/mol. The highest BCUT2D eigenvalue weighted by molar-refractivity contribution is 5.82. The standard InChI is InChI=1S/C11H17N3O4.C8H14N4O2/c1-2-3-4-14-9(12)8(5-7(16)6-15)10(17)13-11(14)18;1-2-3-4-12-6(10)5(9)7(13)11-8(12)14/h15H,2-6,12H2,1H3,(H,13,17,18);2-4,9-10H2,1H3,(H,11,13,14). The van der Waals surface area contributed by atoms with E-state index in [1.54, 1.807) is 0 Å². The van der Waals surface area contributed by atoms with Crippen LogP contribution in [0.3, 0.4) is 0 Å². The van der Waals surface area contributed by atoms with Crippen molar-refractivity contribution in [3.05, 3.63) is 47.2 Å². The number of aliphatic hydroxyl groups is 1. The van der Waals surface area contributed by atoms with Crippen LogP contribution in [0.2, 0.25) is 0 Å². The number of nitrogens with one attached hydrogen (secondary N) is 2. The van der Waals surface area contributed by atoms with Crippen molar-refractivity contribution in [3.8, 4) is 0 Å². The van der Waals surface area contributed by atoms with Gasteiger partial charge in [-0.1, -0.05) is 26.7 Å². The number of nitrogens with two attached hydrogens (primary N) is 3. The van der Waals surface area contributed by atoms with E-state index in [2.05, 4.69) is 9.97 Å². The summed E-state index contributed by atoms with van der Waals surface area (Å²) in [4.78, 5) is 60.8. The number of H-pyrrole nitrogens is 2. The number of hydrogen-bond donors (Lipinski definition) is 6. The van der Waals surface area contributed by atoms with E-state index >= 15 is 0 Å². The first-order valence-corrected chi connectivity index (χ1v) is 10.2. The quantitative estimate of drug-likeness (QED) is 0.260. The van der Waals surface area contributed by atoms with Crippen LogP contribution >= 0.6 is 0 Å². The van der Waals surface area contributed by atoms with Crippen LogP contribution < -0.4 is 39.7 Å². The number of nitrogens with zero attached hydrogens (tertiary/aromatic N) is 2. The zero-order valence-electron chi connectivity index (χ0n) is 18.3. The van der Waals surface area contributed by atoms with Crippen molar-refractivity contribution in [2.24, 2.45) is 0 Å². The molecule has 13 heteroatoms. The number of nitrogen functional groups attached to an aromatic ring is 3. The second-order valence-corrected chi connectivity index (χ2v) is 7.07. The molecule has 0 aliphatic carbocycles. The van der Waals surface area contributed by atoms with Gasteiger partial charge in [0.05, 0.1) is 5.56 Å². The van der Waals surface area contributed by atoms with Gasteiger partial charge in [-0.3, -0.25) is 33.5 Å². The van der Waals surface area contributed by atoms with E-state index in [0.717, 1.165) is 25.7 Å². The molecule has 0 spiro atoms. The maximum absolute atomic E-state index is 11.6. The summed E-state index contributed by atoms with van der Waals surface area (Å²) in [6.45, 7) is 4.16. The van der Waals surface area contributed by atoms with E-state index in [9.17, 15) is 24.0 Å². The fourth-order valence-electron chi connectivity index (χ4n) is 2.73. The molecule has 2 aromatic heterocycles. The molecule has 13 nitrogen and oxygen atoms in total. The van der Waals surface area contributed by atoms with E-state index < -0.39 is 34.9 Å². The molecule has 0 aliphatic rings. The van der Waals surface area contributed by atoms with Crippen molar-refractivity contribution in [1.82, 2.24) is 19.1 Å². The Hall–Kier alpha value is -3.61. The lowest BCUT2D eigenvalue weighted by Gasteiger charge is -2.11. The Balaban J connectivity index is 0.000000330. The third-order valence-corrected chi connectivity index (χ3v) is 4.64. The van der Waals surface area contributed by atoms with E-state index in [0.29, 0.717) is 13.1 Å². The highest BCUT2D eigenvalue weighted by atomic mass is 16.3. The minimum absolute atomic E-state index is 0.000926. The third kappa shape index (κ3) is 6.70. The second kappa shape index (κ2) is 12.3. The predicted octanol–water partition coefficient (Wildman–Crippen LogP) is -1.48. The van der Waals surface area contributed by atoms with Crippen LogP contribution in [0.25, 0.3) is 0 Å². The summed E-state index contributed by atoms with van der Waals surface area (Å²) in [5, 5.41) is 8.67. The van der Waals surface area contributed by atoms with Gasteiger partial charge in [0.15, 0.2) is 5.78 Å². The molecule has 32 heavy (non-hydrogen) atoms. The average Bonchev–Trinajstić information content (AvgIpc) is 2.75. The number of carbonyl (C=O) groups is 1. The van der Waals surface area contributed by atoms with Crippen molar-refractivity contribution in [3.63, 3.8) is 0 Å². The van der Waals surface area contributed by atoms with Gasteiger partial charge < -0.3 is 22.3 Å². The molecule has 0 amide bonds. The van der Waals surface area contributed by atoms with Crippen molar-refractivity contribution in [2.75, 3.05) is 23.8 Å². The van der Waals surface area contributed by atoms with Crippen LogP contribution in [0.4, 0.5) is 17.3 Å². The summed E-state index contributed by atoms with van der Waals surface area (Å²) in [7, 11) is 0. The van der Waals surface area contributed by atoms with Crippen LogP contribution in [0.1, 0.15) is 45.1 Å². The SMILES string of the molecule is CCCCn1c(N)c(CC(=O)CO)c(=O)[nH]c1=O.CCCCn1c(N)c(N)c(=O)[nH]c1=O. The Morgan fingerprint density at radius 2 is 1.31 bits per heavy atom. The lowest BCUT2D eigenvalue weighted by molar-refractivity contribution is -0.121. The predicted molar refractivity (Wildman–Crippen MR) is 121 cm³/mol. The van der Waals surface area contributed by atoms with Crippen molar-refractivity contribution in [2.45, 2.75) is 59.0 Å². The molecule has 0 aromatic carbocycles. The summed E-state index contributed by atoms with van der Waals surface area (Å²) in [6.07, 6.45) is 3.09. The van der Waals surface area contributed by atoms with Crippen molar-refractivity contribution < 1.29 is 9.90 Å². The number of hydrogen-bond acceptors (Lipinski definition) is 9. The Kier molecular flexibility index (Phi) is 10.2. The van der Waals surface area contributed by atoms with E-state index in [1.165, 1.54) is 9.13 Å². The second-order valence-electron chi connectivity index (χ2n) is 7.07. The van der Waals surface area contributed by atoms with Crippen LogP contribution in [0.15, 0.2) is 19.2 Å². The molecule has 0 fully saturated rings. The zero-order valence-corrected chi connectivity index (χ0v) is 18.3. The van der Waals surface area contributed by atoms with Gasteiger partial charge in [0, 0.05) is 19.5 Å². The number of unbranched alkanes of at least 4 members (excludes halogenated alkanes) is 2. The maximum atomic E-state index is 11.6. The van der Waals surface area contributed by atoms with Gasteiger partial charge >= 0.3 is 11.4 Å². The largest absolute Gasteiger partial charge is 0.391 e. The van der Waals surface area contributed by atoms with Gasteiger partial charge in [-0.2, -0.15) is 0 Å². The fraction of sp³-hybridized carbons (Fsp3) is 0.526. The van der Waals surface area contributed by atoms with E-state index in [1.807, 2.05) is 13.8 Å². The summed E-state index contributed by atoms with van der Waals surface area (Å²) in [6, 6.07) is 0. The van der Waals surface area contributed by atoms with Gasteiger partial charge in [0.1, 0.15) is 23.9 Å². The molecule has 9 N–H and O–H groups in total. The molecular weight excluding hydrogens is 422 g/mol.